The van der Waals surface area contributed by atoms with Crippen LogP contribution in [0.2, 0.25) is 0 Å². The van der Waals surface area contributed by atoms with Crippen LogP contribution in [0.1, 0.15) is 45.2 Å². The normalized spacial score (nSPS) is 18.8. The molecule has 130 valence electrons. The average molecular weight is 396 g/mol. The molecular weight excluding hydrogens is 374 g/mol. The van der Waals surface area contributed by atoms with Gasteiger partial charge in [-0.3, -0.25) is 0 Å². The highest BCUT2D eigenvalue weighted by molar-refractivity contribution is 9.10. The molecule has 7 nitrogen and oxygen atoms in total. The number of nitrogens with zero attached hydrogens (tertiary/aromatic N) is 4. The van der Waals surface area contributed by atoms with Crippen LogP contribution < -0.4 is 5.73 Å². The van der Waals surface area contributed by atoms with Crippen LogP contribution in [0.25, 0.3) is 5.52 Å². The van der Waals surface area contributed by atoms with E-state index in [-0.39, 0.29) is 12.0 Å². The minimum atomic E-state index is -0.490. The largest absolute Gasteiger partial charge is 0.444 e. The predicted octanol–water partition coefficient (Wildman–Crippen LogP) is 3.19. The van der Waals surface area contributed by atoms with E-state index in [1.165, 1.54) is 6.33 Å². The number of piperidine rings is 1. The van der Waals surface area contributed by atoms with E-state index in [1.807, 2.05) is 31.4 Å². The molecule has 8 heteroatoms. The molecular formula is C16H22BrN5O2. The Balaban J connectivity index is 1.86. The zero-order chi connectivity index (χ0) is 17.5. The Kier molecular flexibility index (Phi) is 4.42. The second kappa shape index (κ2) is 6.23. The minimum Gasteiger partial charge on any atom is -0.444 e. The fourth-order valence-corrected chi connectivity index (χ4v) is 3.65. The van der Waals surface area contributed by atoms with Crippen molar-refractivity contribution < 1.29 is 9.53 Å². The molecule has 1 aliphatic rings. The summed E-state index contributed by atoms with van der Waals surface area (Å²) in [5.41, 5.74) is 7.26. The summed E-state index contributed by atoms with van der Waals surface area (Å²) in [6, 6.07) is 2.02. The van der Waals surface area contributed by atoms with Gasteiger partial charge in [-0.1, -0.05) is 0 Å². The predicted molar refractivity (Wildman–Crippen MR) is 94.9 cm³/mol. The summed E-state index contributed by atoms with van der Waals surface area (Å²) in [5, 5.41) is 4.33. The maximum atomic E-state index is 12.4. The molecule has 3 heterocycles. The number of carbonyl (C=O) groups is 1. The maximum Gasteiger partial charge on any atom is 0.410 e. The van der Waals surface area contributed by atoms with Crippen LogP contribution in [0, 0.1) is 0 Å². The molecule has 1 saturated heterocycles. The SMILES string of the molecule is CC(C)(C)OC(=O)N1CCCC(c2cc(Br)c3c(N)ncnn23)C1. The van der Waals surface area contributed by atoms with Gasteiger partial charge in [-0.2, -0.15) is 5.10 Å². The molecule has 1 amide bonds. The third-order valence-corrected chi connectivity index (χ3v) is 4.66. The second-order valence-electron chi connectivity index (χ2n) is 7.09. The van der Waals surface area contributed by atoms with Crippen molar-refractivity contribution in [1.29, 1.82) is 0 Å². The number of hydrogen-bond donors (Lipinski definition) is 1. The Hall–Kier alpha value is -1.83. The first kappa shape index (κ1) is 17.0. The van der Waals surface area contributed by atoms with E-state index in [1.54, 1.807) is 4.90 Å². The van der Waals surface area contributed by atoms with Gasteiger partial charge >= 0.3 is 6.09 Å². The van der Waals surface area contributed by atoms with E-state index in [0.29, 0.717) is 18.9 Å². The lowest BCUT2D eigenvalue weighted by Gasteiger charge is -2.34. The first-order valence-corrected chi connectivity index (χ1v) is 8.81. The third kappa shape index (κ3) is 3.33. The van der Waals surface area contributed by atoms with Gasteiger partial charge in [-0.25, -0.2) is 14.3 Å². The summed E-state index contributed by atoms with van der Waals surface area (Å²) >= 11 is 3.53. The number of nitrogens with two attached hydrogens (primary N) is 1. The molecule has 1 fully saturated rings. The number of nitrogen functional groups attached to an aromatic ring is 1. The quantitative estimate of drug-likeness (QED) is 0.800. The summed E-state index contributed by atoms with van der Waals surface area (Å²) in [6.45, 7) is 6.96. The van der Waals surface area contributed by atoms with Crippen molar-refractivity contribution in [2.45, 2.75) is 45.1 Å². The third-order valence-electron chi connectivity index (χ3n) is 4.06. The molecule has 0 radical (unpaired) electrons. The lowest BCUT2D eigenvalue weighted by Crippen LogP contribution is -2.42. The summed E-state index contributed by atoms with van der Waals surface area (Å²) < 4.78 is 8.18. The molecule has 2 aromatic rings. The molecule has 2 aromatic heterocycles. The number of likely N-dealkylation sites (tertiary alicyclic amines) is 1. The zero-order valence-corrected chi connectivity index (χ0v) is 15.7. The van der Waals surface area contributed by atoms with Crippen molar-refractivity contribution in [3.05, 3.63) is 22.6 Å². The van der Waals surface area contributed by atoms with Crippen LogP contribution in [-0.2, 0) is 4.74 Å². The van der Waals surface area contributed by atoms with E-state index in [0.717, 1.165) is 28.5 Å². The fraction of sp³-hybridized carbons (Fsp3) is 0.562. The number of amides is 1. The zero-order valence-electron chi connectivity index (χ0n) is 14.1. The number of rotatable bonds is 1. The van der Waals surface area contributed by atoms with Gasteiger partial charge in [0.05, 0.1) is 0 Å². The van der Waals surface area contributed by atoms with Crippen LogP contribution in [0.4, 0.5) is 10.6 Å². The lowest BCUT2D eigenvalue weighted by atomic mass is 9.95. The fourth-order valence-electron chi connectivity index (χ4n) is 3.05. The standard InChI is InChI=1S/C16H22BrN5O2/c1-16(2,3)24-15(23)21-6-4-5-10(8-21)12-7-11(17)13-14(18)19-9-20-22(12)13/h7,9-10H,4-6,8H2,1-3H3,(H2,18,19,20). The second-order valence-corrected chi connectivity index (χ2v) is 7.94. The molecule has 1 aliphatic heterocycles. The van der Waals surface area contributed by atoms with Crippen molar-refractivity contribution >= 4 is 33.4 Å². The molecule has 0 aromatic carbocycles. The highest BCUT2D eigenvalue weighted by Crippen LogP contribution is 2.33. The number of carbonyl (C=O) groups excluding carboxylic acids is 1. The molecule has 1 unspecified atom stereocenters. The van der Waals surface area contributed by atoms with Gasteiger partial charge in [-0.15, -0.1) is 0 Å². The number of ether oxygens (including phenoxy) is 1. The molecule has 3 rings (SSSR count). The molecule has 2 N–H and O–H groups in total. The Morgan fingerprint density at radius 1 is 1.46 bits per heavy atom. The number of hydrogen-bond acceptors (Lipinski definition) is 5. The first-order chi connectivity index (χ1) is 11.3. The number of anilines is 1. The molecule has 0 saturated carbocycles. The molecule has 0 aliphatic carbocycles. The summed E-state index contributed by atoms with van der Waals surface area (Å²) in [6.07, 6.45) is 3.10. The average Bonchev–Trinajstić information content (AvgIpc) is 2.84. The monoisotopic (exact) mass is 395 g/mol. The van der Waals surface area contributed by atoms with Crippen molar-refractivity contribution in [3.8, 4) is 0 Å². The first-order valence-electron chi connectivity index (χ1n) is 8.02. The molecule has 0 bridgehead atoms. The summed E-state index contributed by atoms with van der Waals surface area (Å²) in [5.74, 6) is 0.613. The van der Waals surface area contributed by atoms with Gasteiger partial charge in [0.1, 0.15) is 17.4 Å². The van der Waals surface area contributed by atoms with Crippen molar-refractivity contribution in [2.75, 3.05) is 18.8 Å². The van der Waals surface area contributed by atoms with E-state index in [2.05, 4.69) is 26.0 Å². The number of aromatic nitrogens is 3. The van der Waals surface area contributed by atoms with Crippen LogP contribution in [-0.4, -0.2) is 44.3 Å². The number of halogens is 1. The highest BCUT2D eigenvalue weighted by Gasteiger charge is 2.30. The topological polar surface area (TPSA) is 85.8 Å². The Morgan fingerprint density at radius 3 is 2.92 bits per heavy atom. The minimum absolute atomic E-state index is 0.180. The van der Waals surface area contributed by atoms with Crippen molar-refractivity contribution in [3.63, 3.8) is 0 Å². The van der Waals surface area contributed by atoms with Gasteiger partial charge in [0, 0.05) is 29.2 Å². The summed E-state index contributed by atoms with van der Waals surface area (Å²) in [4.78, 5) is 18.2. The smallest absolute Gasteiger partial charge is 0.410 e. The van der Waals surface area contributed by atoms with E-state index < -0.39 is 5.60 Å². The Morgan fingerprint density at radius 2 is 2.21 bits per heavy atom. The summed E-state index contributed by atoms with van der Waals surface area (Å²) in [7, 11) is 0. The van der Waals surface area contributed by atoms with Crippen LogP contribution in [0.15, 0.2) is 16.9 Å². The van der Waals surface area contributed by atoms with Crippen molar-refractivity contribution in [2.24, 2.45) is 0 Å². The van der Waals surface area contributed by atoms with Gasteiger partial charge in [0.25, 0.3) is 0 Å². The van der Waals surface area contributed by atoms with E-state index in [9.17, 15) is 4.79 Å². The Bertz CT molecular complexity index is 768. The van der Waals surface area contributed by atoms with Gasteiger partial charge in [-0.05, 0) is 55.6 Å². The molecule has 24 heavy (non-hydrogen) atoms. The number of fused-ring (bicyclic) bond motifs is 1. The van der Waals surface area contributed by atoms with E-state index in [4.69, 9.17) is 10.5 Å². The van der Waals surface area contributed by atoms with Crippen LogP contribution >= 0.6 is 15.9 Å². The Labute approximate surface area is 149 Å². The van der Waals surface area contributed by atoms with Crippen LogP contribution in [0.5, 0.6) is 0 Å². The van der Waals surface area contributed by atoms with Gasteiger partial charge in [0.15, 0.2) is 5.82 Å². The molecule has 1 atom stereocenters. The highest BCUT2D eigenvalue weighted by atomic mass is 79.9. The van der Waals surface area contributed by atoms with E-state index >= 15 is 0 Å². The lowest BCUT2D eigenvalue weighted by molar-refractivity contribution is 0.0196. The maximum absolute atomic E-state index is 12.4. The van der Waals surface area contributed by atoms with Gasteiger partial charge in [0.2, 0.25) is 0 Å². The van der Waals surface area contributed by atoms with Gasteiger partial charge < -0.3 is 15.4 Å². The van der Waals surface area contributed by atoms with Crippen molar-refractivity contribution in [1.82, 2.24) is 19.5 Å². The van der Waals surface area contributed by atoms with Crippen LogP contribution in [0.3, 0.4) is 0 Å². The molecule has 0 spiro atoms.